The van der Waals surface area contributed by atoms with Crippen molar-refractivity contribution >= 4 is 5.91 Å². The zero-order chi connectivity index (χ0) is 14.4. The van der Waals surface area contributed by atoms with Crippen LogP contribution in [0.3, 0.4) is 0 Å². The van der Waals surface area contributed by atoms with Crippen molar-refractivity contribution in [3.63, 3.8) is 0 Å². The number of nitrogens with zero attached hydrogens (tertiary/aromatic N) is 2. The van der Waals surface area contributed by atoms with E-state index in [2.05, 4.69) is 0 Å². The monoisotopic (exact) mass is 266 g/mol. The summed E-state index contributed by atoms with van der Waals surface area (Å²) in [5.41, 5.74) is 1.01. The molecule has 0 aliphatic carbocycles. The van der Waals surface area contributed by atoms with Crippen LogP contribution in [-0.2, 0) is 4.79 Å². The molecule has 19 heavy (non-hydrogen) atoms. The van der Waals surface area contributed by atoms with Gasteiger partial charge in [-0.1, -0.05) is 12.1 Å². The Hall–Kier alpha value is -1.42. The molecule has 0 aliphatic rings. The fourth-order valence-electron chi connectivity index (χ4n) is 2.02. The van der Waals surface area contributed by atoms with E-state index in [0.717, 1.165) is 18.7 Å². The number of likely N-dealkylation sites (N-methyl/N-ethyl adjacent to an activating group) is 2. The highest BCUT2D eigenvalue weighted by Gasteiger charge is 2.17. The van der Waals surface area contributed by atoms with Crippen LogP contribution in [0.2, 0.25) is 0 Å². The highest BCUT2D eigenvalue weighted by Crippen LogP contribution is 2.18. The Morgan fingerprint density at radius 3 is 2.21 bits per heavy atom. The topological polar surface area (TPSA) is 23.6 Å². The summed E-state index contributed by atoms with van der Waals surface area (Å²) < 4.78 is 12.9. The number of hydrogen-bond acceptors (Lipinski definition) is 2. The molecule has 0 saturated heterocycles. The predicted molar refractivity (Wildman–Crippen MR) is 75.4 cm³/mol. The number of halogens is 1. The largest absolute Gasteiger partial charge is 0.342 e. The summed E-state index contributed by atoms with van der Waals surface area (Å²) in [6.45, 7) is 7.81. The highest BCUT2D eigenvalue weighted by molar-refractivity contribution is 5.78. The fraction of sp³-hybridized carbons (Fsp3) is 0.533. The molecular formula is C15H23FN2O. The van der Waals surface area contributed by atoms with Gasteiger partial charge in [-0.05, 0) is 45.5 Å². The van der Waals surface area contributed by atoms with Crippen molar-refractivity contribution in [1.29, 1.82) is 0 Å². The van der Waals surface area contributed by atoms with Crippen LogP contribution in [0.5, 0.6) is 0 Å². The van der Waals surface area contributed by atoms with Gasteiger partial charge in [0.05, 0.1) is 6.54 Å². The van der Waals surface area contributed by atoms with Gasteiger partial charge in [0.15, 0.2) is 0 Å². The van der Waals surface area contributed by atoms with Crippen LogP contribution in [0.15, 0.2) is 24.3 Å². The van der Waals surface area contributed by atoms with Crippen molar-refractivity contribution in [2.75, 3.05) is 26.7 Å². The molecule has 0 aliphatic heterocycles. The molecule has 1 rings (SSSR count). The van der Waals surface area contributed by atoms with Crippen LogP contribution in [0.4, 0.5) is 4.39 Å². The molecule has 0 aromatic heterocycles. The minimum absolute atomic E-state index is 0.0834. The summed E-state index contributed by atoms with van der Waals surface area (Å²) >= 11 is 0. The van der Waals surface area contributed by atoms with Gasteiger partial charge in [-0.3, -0.25) is 9.69 Å². The minimum Gasteiger partial charge on any atom is -0.342 e. The third-order valence-corrected chi connectivity index (χ3v) is 3.51. The highest BCUT2D eigenvalue weighted by atomic mass is 19.1. The standard InChI is InChI=1S/C15H23FN2O/c1-5-18(6-2)15(19)11-17(4)12(3)13-7-9-14(16)10-8-13/h7-10,12H,5-6,11H2,1-4H3. The van der Waals surface area contributed by atoms with Crippen LogP contribution >= 0.6 is 0 Å². The lowest BCUT2D eigenvalue weighted by Crippen LogP contribution is -2.39. The number of hydrogen-bond donors (Lipinski definition) is 0. The summed E-state index contributed by atoms with van der Waals surface area (Å²) in [6, 6.07) is 6.51. The SMILES string of the molecule is CCN(CC)C(=O)CN(C)C(C)c1ccc(F)cc1. The minimum atomic E-state index is -0.238. The third kappa shape index (κ3) is 4.31. The average Bonchev–Trinajstić information content (AvgIpc) is 2.40. The van der Waals surface area contributed by atoms with Gasteiger partial charge in [0.1, 0.15) is 5.82 Å². The summed E-state index contributed by atoms with van der Waals surface area (Å²) in [6.07, 6.45) is 0. The number of amides is 1. The molecule has 3 nitrogen and oxygen atoms in total. The Morgan fingerprint density at radius 1 is 1.21 bits per heavy atom. The maximum absolute atomic E-state index is 12.9. The molecule has 0 saturated carbocycles. The van der Waals surface area contributed by atoms with Gasteiger partial charge in [0.25, 0.3) is 0 Å². The molecule has 1 unspecified atom stereocenters. The Balaban J connectivity index is 2.64. The van der Waals surface area contributed by atoms with Crippen LogP contribution in [0.1, 0.15) is 32.4 Å². The Bertz CT molecular complexity index is 401. The normalized spacial score (nSPS) is 12.5. The molecule has 0 heterocycles. The lowest BCUT2D eigenvalue weighted by molar-refractivity contribution is -0.132. The molecule has 1 atom stereocenters. The quantitative estimate of drug-likeness (QED) is 0.790. The first-order chi connectivity index (χ1) is 8.99. The summed E-state index contributed by atoms with van der Waals surface area (Å²) in [4.78, 5) is 15.8. The smallest absolute Gasteiger partial charge is 0.236 e. The predicted octanol–water partition coefficient (Wildman–Crippen LogP) is 2.69. The molecular weight excluding hydrogens is 243 g/mol. The van der Waals surface area contributed by atoms with Crippen molar-refractivity contribution in [2.24, 2.45) is 0 Å². The Morgan fingerprint density at radius 2 is 1.74 bits per heavy atom. The van der Waals surface area contributed by atoms with E-state index in [4.69, 9.17) is 0 Å². The van der Waals surface area contributed by atoms with Gasteiger partial charge in [0.2, 0.25) is 5.91 Å². The van der Waals surface area contributed by atoms with E-state index in [-0.39, 0.29) is 17.8 Å². The number of carbonyl (C=O) groups is 1. The Labute approximate surface area is 115 Å². The van der Waals surface area contributed by atoms with Gasteiger partial charge < -0.3 is 4.90 Å². The van der Waals surface area contributed by atoms with Gasteiger partial charge in [-0.15, -0.1) is 0 Å². The molecule has 0 spiro atoms. The lowest BCUT2D eigenvalue weighted by Gasteiger charge is -2.27. The maximum atomic E-state index is 12.9. The van der Waals surface area contributed by atoms with Crippen molar-refractivity contribution in [3.8, 4) is 0 Å². The van der Waals surface area contributed by atoms with Crippen LogP contribution in [-0.4, -0.2) is 42.4 Å². The van der Waals surface area contributed by atoms with Gasteiger partial charge in [0, 0.05) is 19.1 Å². The first-order valence-electron chi connectivity index (χ1n) is 6.73. The van der Waals surface area contributed by atoms with Gasteiger partial charge >= 0.3 is 0 Å². The summed E-state index contributed by atoms with van der Waals surface area (Å²) in [5, 5.41) is 0. The molecule has 0 fully saturated rings. The molecule has 0 N–H and O–H groups in total. The van der Waals surface area contributed by atoms with E-state index in [1.54, 1.807) is 12.1 Å². The zero-order valence-electron chi connectivity index (χ0n) is 12.2. The zero-order valence-corrected chi connectivity index (χ0v) is 12.2. The lowest BCUT2D eigenvalue weighted by atomic mass is 10.1. The van der Waals surface area contributed by atoms with E-state index >= 15 is 0 Å². The van der Waals surface area contributed by atoms with Gasteiger partial charge in [-0.2, -0.15) is 0 Å². The second kappa shape index (κ2) is 7.24. The fourth-order valence-corrected chi connectivity index (χ4v) is 2.02. The summed E-state index contributed by atoms with van der Waals surface area (Å²) in [5.74, 6) is -0.112. The average molecular weight is 266 g/mol. The molecule has 1 aromatic rings. The number of rotatable bonds is 6. The third-order valence-electron chi connectivity index (χ3n) is 3.51. The molecule has 106 valence electrons. The van der Waals surface area contributed by atoms with Crippen molar-refractivity contribution in [3.05, 3.63) is 35.6 Å². The van der Waals surface area contributed by atoms with Crippen molar-refractivity contribution < 1.29 is 9.18 Å². The molecule has 0 bridgehead atoms. The van der Waals surface area contributed by atoms with Crippen LogP contribution < -0.4 is 0 Å². The number of carbonyl (C=O) groups excluding carboxylic acids is 1. The summed E-state index contributed by atoms with van der Waals surface area (Å²) in [7, 11) is 1.91. The van der Waals surface area contributed by atoms with Crippen molar-refractivity contribution in [2.45, 2.75) is 26.8 Å². The first kappa shape index (κ1) is 15.6. The second-order valence-corrected chi connectivity index (χ2v) is 4.71. The number of benzene rings is 1. The molecule has 1 aromatic carbocycles. The van der Waals surface area contributed by atoms with Crippen LogP contribution in [0.25, 0.3) is 0 Å². The van der Waals surface area contributed by atoms with Gasteiger partial charge in [-0.25, -0.2) is 4.39 Å². The molecule has 1 amide bonds. The van der Waals surface area contributed by atoms with Crippen LogP contribution in [0, 0.1) is 5.82 Å². The first-order valence-corrected chi connectivity index (χ1v) is 6.73. The van der Waals surface area contributed by atoms with E-state index in [1.807, 2.05) is 37.6 Å². The second-order valence-electron chi connectivity index (χ2n) is 4.71. The van der Waals surface area contributed by atoms with E-state index in [0.29, 0.717) is 6.54 Å². The Kier molecular flexibility index (Phi) is 5.96. The van der Waals surface area contributed by atoms with E-state index < -0.39 is 0 Å². The molecule has 4 heteroatoms. The maximum Gasteiger partial charge on any atom is 0.236 e. The molecule has 0 radical (unpaired) electrons. The van der Waals surface area contributed by atoms with E-state index in [9.17, 15) is 9.18 Å². The van der Waals surface area contributed by atoms with Crippen molar-refractivity contribution in [1.82, 2.24) is 9.80 Å². The van der Waals surface area contributed by atoms with E-state index in [1.165, 1.54) is 12.1 Å².